The van der Waals surface area contributed by atoms with Gasteiger partial charge in [-0.2, -0.15) is 0 Å². The van der Waals surface area contributed by atoms with Gasteiger partial charge in [0.2, 0.25) is 0 Å². The first-order valence-electron chi connectivity index (χ1n) is 4.60. The second kappa shape index (κ2) is 5.43. The van der Waals surface area contributed by atoms with Crippen LogP contribution in [0.2, 0.25) is 0 Å². The van der Waals surface area contributed by atoms with Crippen molar-refractivity contribution in [3.63, 3.8) is 0 Å². The molecule has 0 saturated carbocycles. The Bertz CT molecular complexity index is 352. The van der Waals surface area contributed by atoms with Crippen molar-refractivity contribution in [3.05, 3.63) is 22.7 Å². The van der Waals surface area contributed by atoms with E-state index in [0.29, 0.717) is 16.8 Å². The van der Waals surface area contributed by atoms with Crippen molar-refractivity contribution in [3.8, 4) is 11.5 Å². The Morgan fingerprint density at radius 2 is 2.00 bits per heavy atom. The molecule has 6 heteroatoms. The van der Waals surface area contributed by atoms with E-state index < -0.39 is 6.36 Å². The first kappa shape index (κ1) is 13.2. The van der Waals surface area contributed by atoms with Crippen molar-refractivity contribution in [1.29, 1.82) is 0 Å². The van der Waals surface area contributed by atoms with Gasteiger partial charge in [0, 0.05) is 6.07 Å². The molecule has 0 saturated heterocycles. The van der Waals surface area contributed by atoms with Crippen LogP contribution < -0.4 is 9.47 Å². The van der Waals surface area contributed by atoms with Gasteiger partial charge in [0.05, 0.1) is 11.1 Å². The Balaban J connectivity index is 2.81. The quantitative estimate of drug-likeness (QED) is 0.832. The number of ether oxygens (including phenoxy) is 2. The molecular formula is C10H10BrF3O2. The fraction of sp³-hybridized carbons (Fsp3) is 0.400. The van der Waals surface area contributed by atoms with Gasteiger partial charge in [0.25, 0.3) is 0 Å². The molecule has 1 aromatic carbocycles. The van der Waals surface area contributed by atoms with Crippen LogP contribution in [0.25, 0.3) is 0 Å². The molecule has 0 atom stereocenters. The van der Waals surface area contributed by atoms with E-state index >= 15 is 0 Å². The van der Waals surface area contributed by atoms with Gasteiger partial charge in [0.15, 0.2) is 0 Å². The van der Waals surface area contributed by atoms with E-state index in [1.807, 2.05) is 6.92 Å². The molecule has 0 amide bonds. The van der Waals surface area contributed by atoms with Gasteiger partial charge in [-0.1, -0.05) is 6.92 Å². The van der Waals surface area contributed by atoms with Gasteiger partial charge in [0.1, 0.15) is 11.5 Å². The van der Waals surface area contributed by atoms with Crippen molar-refractivity contribution in [2.75, 3.05) is 6.61 Å². The van der Waals surface area contributed by atoms with Crippen molar-refractivity contribution >= 4 is 15.9 Å². The smallest absolute Gasteiger partial charge is 0.492 e. The van der Waals surface area contributed by atoms with Crippen molar-refractivity contribution < 1.29 is 22.6 Å². The van der Waals surface area contributed by atoms with E-state index in [9.17, 15) is 13.2 Å². The zero-order valence-corrected chi connectivity index (χ0v) is 10.1. The normalized spacial score (nSPS) is 11.3. The zero-order valence-electron chi connectivity index (χ0n) is 8.47. The Morgan fingerprint density at radius 1 is 1.31 bits per heavy atom. The summed E-state index contributed by atoms with van der Waals surface area (Å²) in [5, 5.41) is 0. The van der Waals surface area contributed by atoms with Crippen LogP contribution in [-0.2, 0) is 0 Å². The molecule has 0 unspecified atom stereocenters. The van der Waals surface area contributed by atoms with Crippen LogP contribution in [0, 0.1) is 0 Å². The first-order valence-corrected chi connectivity index (χ1v) is 5.40. The monoisotopic (exact) mass is 298 g/mol. The van der Waals surface area contributed by atoms with Gasteiger partial charge in [-0.3, -0.25) is 0 Å². The summed E-state index contributed by atoms with van der Waals surface area (Å²) in [4.78, 5) is 0. The molecule has 0 bridgehead atoms. The molecule has 16 heavy (non-hydrogen) atoms. The number of alkyl halides is 3. The zero-order chi connectivity index (χ0) is 12.2. The summed E-state index contributed by atoms with van der Waals surface area (Å²) in [7, 11) is 0. The van der Waals surface area contributed by atoms with Crippen LogP contribution in [0.5, 0.6) is 11.5 Å². The first-order chi connectivity index (χ1) is 7.42. The third-order valence-electron chi connectivity index (χ3n) is 1.60. The average Bonchev–Trinajstić information content (AvgIpc) is 2.17. The van der Waals surface area contributed by atoms with Gasteiger partial charge in [-0.15, -0.1) is 13.2 Å². The largest absolute Gasteiger partial charge is 0.573 e. The minimum atomic E-state index is -4.68. The van der Waals surface area contributed by atoms with Crippen LogP contribution in [0.3, 0.4) is 0 Å². The summed E-state index contributed by atoms with van der Waals surface area (Å²) in [5.41, 5.74) is 0. The highest BCUT2D eigenvalue weighted by molar-refractivity contribution is 9.10. The lowest BCUT2D eigenvalue weighted by atomic mass is 10.3. The minimum absolute atomic E-state index is 0.290. The fourth-order valence-corrected chi connectivity index (χ4v) is 1.36. The Labute approximate surface area is 99.5 Å². The molecule has 0 radical (unpaired) electrons. The Kier molecular flexibility index (Phi) is 4.46. The van der Waals surface area contributed by atoms with Gasteiger partial charge >= 0.3 is 6.36 Å². The van der Waals surface area contributed by atoms with E-state index in [0.717, 1.165) is 6.42 Å². The van der Waals surface area contributed by atoms with Crippen LogP contribution in [0.4, 0.5) is 13.2 Å². The summed E-state index contributed by atoms with van der Waals surface area (Å²) < 4.78 is 45.5. The maximum absolute atomic E-state index is 12.0. The molecule has 90 valence electrons. The molecule has 0 aliphatic carbocycles. The number of rotatable bonds is 4. The van der Waals surface area contributed by atoms with Crippen molar-refractivity contribution in [2.24, 2.45) is 0 Å². The maximum Gasteiger partial charge on any atom is 0.573 e. The number of hydrogen-bond acceptors (Lipinski definition) is 2. The maximum atomic E-state index is 12.0. The third-order valence-corrected chi connectivity index (χ3v) is 2.25. The molecular weight excluding hydrogens is 289 g/mol. The van der Waals surface area contributed by atoms with Crippen molar-refractivity contribution in [1.82, 2.24) is 0 Å². The second-order valence-electron chi connectivity index (χ2n) is 2.99. The van der Waals surface area contributed by atoms with Crippen molar-refractivity contribution in [2.45, 2.75) is 19.7 Å². The topological polar surface area (TPSA) is 18.5 Å². The summed E-state index contributed by atoms with van der Waals surface area (Å²) in [6.45, 7) is 2.35. The minimum Gasteiger partial charge on any atom is -0.492 e. The lowest BCUT2D eigenvalue weighted by Gasteiger charge is -2.11. The van der Waals surface area contributed by atoms with E-state index in [4.69, 9.17) is 4.74 Å². The highest BCUT2D eigenvalue weighted by Gasteiger charge is 2.31. The highest BCUT2D eigenvalue weighted by atomic mass is 79.9. The predicted molar refractivity (Wildman–Crippen MR) is 56.6 cm³/mol. The molecule has 0 aliphatic rings. The van der Waals surface area contributed by atoms with Crippen LogP contribution in [-0.4, -0.2) is 13.0 Å². The third kappa shape index (κ3) is 4.30. The molecule has 0 aromatic heterocycles. The van der Waals surface area contributed by atoms with Gasteiger partial charge in [-0.05, 0) is 34.5 Å². The van der Waals surface area contributed by atoms with E-state index in [-0.39, 0.29) is 5.75 Å². The lowest BCUT2D eigenvalue weighted by Crippen LogP contribution is -2.17. The Morgan fingerprint density at radius 3 is 2.56 bits per heavy atom. The standard InChI is InChI=1S/C10H10BrF3O2/c1-2-5-15-9-6-7(3-4-8(9)11)16-10(12,13)14/h3-4,6H,2,5H2,1H3. The summed E-state index contributed by atoms with van der Waals surface area (Å²) in [6.07, 6.45) is -3.91. The number of benzene rings is 1. The molecule has 0 N–H and O–H groups in total. The number of halogens is 4. The second-order valence-corrected chi connectivity index (χ2v) is 3.84. The predicted octanol–water partition coefficient (Wildman–Crippen LogP) is 4.14. The molecule has 1 aromatic rings. The summed E-state index contributed by atoms with van der Waals surface area (Å²) in [6, 6.07) is 3.87. The summed E-state index contributed by atoms with van der Waals surface area (Å²) in [5.74, 6) is 0.0467. The SMILES string of the molecule is CCCOc1cc(OC(F)(F)F)ccc1Br. The number of hydrogen-bond donors (Lipinski definition) is 0. The van der Waals surface area contributed by atoms with Crippen LogP contribution >= 0.6 is 15.9 Å². The molecule has 2 nitrogen and oxygen atoms in total. The molecule has 1 rings (SSSR count). The van der Waals surface area contributed by atoms with Gasteiger partial charge < -0.3 is 9.47 Å². The lowest BCUT2D eigenvalue weighted by molar-refractivity contribution is -0.274. The molecule has 0 heterocycles. The van der Waals surface area contributed by atoms with E-state index in [1.165, 1.54) is 18.2 Å². The van der Waals surface area contributed by atoms with E-state index in [2.05, 4.69) is 20.7 Å². The van der Waals surface area contributed by atoms with Crippen LogP contribution in [0.15, 0.2) is 22.7 Å². The fourth-order valence-electron chi connectivity index (χ4n) is 1.00. The molecule has 0 aliphatic heterocycles. The van der Waals surface area contributed by atoms with Crippen LogP contribution in [0.1, 0.15) is 13.3 Å². The highest BCUT2D eigenvalue weighted by Crippen LogP contribution is 2.32. The van der Waals surface area contributed by atoms with E-state index in [1.54, 1.807) is 0 Å². The molecule has 0 fully saturated rings. The average molecular weight is 299 g/mol. The van der Waals surface area contributed by atoms with Gasteiger partial charge in [-0.25, -0.2) is 0 Å². The Hall–Kier alpha value is -0.910. The molecule has 0 spiro atoms. The summed E-state index contributed by atoms with van der Waals surface area (Å²) >= 11 is 3.18.